The fourth-order valence-electron chi connectivity index (χ4n) is 2.82. The maximum atomic E-state index is 13.8. The molecule has 4 aromatic rings. The first-order valence-electron chi connectivity index (χ1n) is 8.64. The van der Waals surface area contributed by atoms with Gasteiger partial charge in [0.25, 0.3) is 5.91 Å². The first kappa shape index (κ1) is 20.7. The number of nitrogens with one attached hydrogen (secondary N) is 2. The molecule has 9 heteroatoms. The minimum Gasteiger partial charge on any atom is -0.331 e. The van der Waals surface area contributed by atoms with Crippen molar-refractivity contribution in [2.45, 2.75) is 0 Å². The summed E-state index contributed by atoms with van der Waals surface area (Å²) in [4.78, 5) is 17.0. The number of carbonyl (C=O) groups is 1. The van der Waals surface area contributed by atoms with Gasteiger partial charge in [0, 0.05) is 10.6 Å². The van der Waals surface area contributed by atoms with Crippen LogP contribution < -0.4 is 10.6 Å². The number of para-hydroxylation sites is 1. The summed E-state index contributed by atoms with van der Waals surface area (Å²) < 4.78 is 14.9. The second-order valence-corrected chi connectivity index (χ2v) is 8.47. The van der Waals surface area contributed by atoms with Crippen LogP contribution in [-0.4, -0.2) is 16.0 Å². The Hall–Kier alpha value is -2.58. The molecule has 1 heterocycles. The van der Waals surface area contributed by atoms with Crippen molar-refractivity contribution < 1.29 is 9.18 Å². The van der Waals surface area contributed by atoms with Gasteiger partial charge in [-0.3, -0.25) is 10.1 Å². The second-order valence-electron chi connectivity index (χ2n) is 6.19. The summed E-state index contributed by atoms with van der Waals surface area (Å²) in [6, 6.07) is 16.6. The monoisotopic (exact) mass is 475 g/mol. The summed E-state index contributed by atoms with van der Waals surface area (Å²) in [7, 11) is 0. The van der Waals surface area contributed by atoms with Crippen LogP contribution in [0.15, 0.2) is 60.7 Å². The molecule has 2 N–H and O–H groups in total. The van der Waals surface area contributed by atoms with Crippen molar-refractivity contribution in [3.8, 4) is 10.6 Å². The van der Waals surface area contributed by atoms with E-state index < -0.39 is 11.7 Å². The molecule has 0 unspecified atom stereocenters. The molecule has 0 saturated carbocycles. The molecular weight excluding hydrogens is 464 g/mol. The summed E-state index contributed by atoms with van der Waals surface area (Å²) in [5.41, 5.74) is 1.81. The molecule has 0 aliphatic rings. The number of halogens is 3. The highest BCUT2D eigenvalue weighted by Crippen LogP contribution is 2.40. The van der Waals surface area contributed by atoms with E-state index in [9.17, 15) is 9.18 Å². The Balaban J connectivity index is 1.65. The number of anilines is 1. The molecule has 4 nitrogen and oxygen atoms in total. The Kier molecular flexibility index (Phi) is 5.97. The molecule has 0 saturated heterocycles. The van der Waals surface area contributed by atoms with Gasteiger partial charge in [-0.25, -0.2) is 9.37 Å². The van der Waals surface area contributed by atoms with E-state index in [1.165, 1.54) is 29.5 Å². The van der Waals surface area contributed by atoms with Crippen molar-refractivity contribution in [1.82, 2.24) is 10.3 Å². The summed E-state index contributed by atoms with van der Waals surface area (Å²) in [6.07, 6.45) is 0. The minimum atomic E-state index is -0.669. The molecular formula is C21H12Cl2FN3OS2. The summed E-state index contributed by atoms with van der Waals surface area (Å²) in [5, 5.41) is 6.78. The van der Waals surface area contributed by atoms with Crippen molar-refractivity contribution in [2.75, 3.05) is 5.32 Å². The SMILES string of the molecule is O=C(NC(=S)Nc1c(Cl)cc(Cl)cc1-c1nc2ccccc2s1)c1ccccc1F. The van der Waals surface area contributed by atoms with Crippen LogP contribution in [-0.2, 0) is 0 Å². The topological polar surface area (TPSA) is 54.0 Å². The van der Waals surface area contributed by atoms with E-state index in [0.29, 0.717) is 26.3 Å². The number of nitrogens with zero attached hydrogens (tertiary/aromatic N) is 1. The van der Waals surface area contributed by atoms with Crippen molar-refractivity contribution in [3.05, 3.63) is 82.1 Å². The smallest absolute Gasteiger partial charge is 0.260 e. The highest BCUT2D eigenvalue weighted by atomic mass is 35.5. The maximum Gasteiger partial charge on any atom is 0.260 e. The number of benzene rings is 3. The number of carbonyl (C=O) groups excluding carboxylic acids is 1. The van der Waals surface area contributed by atoms with Crippen molar-refractivity contribution in [1.29, 1.82) is 0 Å². The van der Waals surface area contributed by atoms with E-state index in [0.717, 1.165) is 10.2 Å². The van der Waals surface area contributed by atoms with E-state index in [1.807, 2.05) is 24.3 Å². The first-order chi connectivity index (χ1) is 14.4. The summed E-state index contributed by atoms with van der Waals surface area (Å²) >= 11 is 19.3. The normalized spacial score (nSPS) is 10.8. The van der Waals surface area contributed by atoms with E-state index >= 15 is 0 Å². The van der Waals surface area contributed by atoms with Crippen LogP contribution in [0.5, 0.6) is 0 Å². The Morgan fingerprint density at radius 2 is 1.80 bits per heavy atom. The van der Waals surface area contributed by atoms with Gasteiger partial charge < -0.3 is 5.32 Å². The lowest BCUT2D eigenvalue weighted by Gasteiger charge is -2.15. The molecule has 1 aromatic heterocycles. The molecule has 0 aliphatic carbocycles. The molecule has 30 heavy (non-hydrogen) atoms. The number of hydrogen-bond acceptors (Lipinski definition) is 4. The molecule has 0 radical (unpaired) electrons. The third-order valence-electron chi connectivity index (χ3n) is 4.16. The molecule has 0 spiro atoms. The molecule has 0 aliphatic heterocycles. The van der Waals surface area contributed by atoms with Gasteiger partial charge in [-0.2, -0.15) is 0 Å². The Labute approximate surface area is 190 Å². The number of amides is 1. The number of thiazole rings is 1. The van der Waals surface area contributed by atoms with Gasteiger partial charge in [0.15, 0.2) is 5.11 Å². The lowest BCUT2D eigenvalue weighted by Crippen LogP contribution is -2.34. The molecule has 0 fully saturated rings. The lowest BCUT2D eigenvalue weighted by atomic mass is 10.2. The summed E-state index contributed by atoms with van der Waals surface area (Å²) in [5.74, 6) is -1.31. The van der Waals surface area contributed by atoms with Gasteiger partial charge in [0.1, 0.15) is 10.8 Å². The largest absolute Gasteiger partial charge is 0.331 e. The van der Waals surface area contributed by atoms with Gasteiger partial charge in [0.05, 0.1) is 26.5 Å². The zero-order valence-corrected chi connectivity index (χ0v) is 18.2. The molecule has 1 amide bonds. The van der Waals surface area contributed by atoms with Gasteiger partial charge in [0.2, 0.25) is 0 Å². The fourth-order valence-corrected chi connectivity index (χ4v) is 4.54. The average molecular weight is 476 g/mol. The van der Waals surface area contributed by atoms with Gasteiger partial charge >= 0.3 is 0 Å². The van der Waals surface area contributed by atoms with Crippen molar-refractivity contribution in [3.63, 3.8) is 0 Å². The second kappa shape index (κ2) is 8.65. The van der Waals surface area contributed by atoms with E-state index in [2.05, 4.69) is 15.6 Å². The third-order valence-corrected chi connectivity index (χ3v) is 5.95. The molecule has 150 valence electrons. The van der Waals surface area contributed by atoms with Crippen LogP contribution in [0.25, 0.3) is 20.8 Å². The third kappa shape index (κ3) is 4.29. The van der Waals surface area contributed by atoms with Crippen molar-refractivity contribution in [2.24, 2.45) is 0 Å². The van der Waals surface area contributed by atoms with Crippen LogP contribution in [0.3, 0.4) is 0 Å². The molecule has 3 aromatic carbocycles. The quantitative estimate of drug-likeness (QED) is 0.330. The molecule has 4 rings (SSSR count). The Bertz CT molecular complexity index is 1260. The maximum absolute atomic E-state index is 13.8. The Morgan fingerprint density at radius 3 is 2.57 bits per heavy atom. The first-order valence-corrected chi connectivity index (χ1v) is 10.6. The number of hydrogen-bond donors (Lipinski definition) is 2. The van der Waals surface area contributed by atoms with E-state index in [-0.39, 0.29) is 10.7 Å². The number of rotatable bonds is 3. The highest BCUT2D eigenvalue weighted by Gasteiger charge is 2.18. The summed E-state index contributed by atoms with van der Waals surface area (Å²) in [6.45, 7) is 0. The number of aromatic nitrogens is 1. The van der Waals surface area contributed by atoms with Crippen LogP contribution in [0, 0.1) is 5.82 Å². The van der Waals surface area contributed by atoms with Gasteiger partial charge in [-0.1, -0.05) is 47.5 Å². The minimum absolute atomic E-state index is 0.0326. The van der Waals surface area contributed by atoms with Crippen LogP contribution in [0.2, 0.25) is 10.0 Å². The van der Waals surface area contributed by atoms with Gasteiger partial charge in [-0.05, 0) is 48.6 Å². The molecule has 0 bridgehead atoms. The van der Waals surface area contributed by atoms with Crippen molar-refractivity contribution >= 4 is 73.7 Å². The Morgan fingerprint density at radius 1 is 1.07 bits per heavy atom. The number of thiocarbonyl (C=S) groups is 1. The zero-order chi connectivity index (χ0) is 21.3. The average Bonchev–Trinajstić information content (AvgIpc) is 3.14. The standard InChI is InChI=1S/C21H12Cl2FN3OS2/c22-11-9-13(20-25-16-7-3-4-8-17(16)30-20)18(14(23)10-11)26-21(29)27-19(28)12-5-1-2-6-15(12)24/h1-10H,(H2,26,27,28,29). The predicted molar refractivity (Wildman–Crippen MR) is 125 cm³/mol. The number of fused-ring (bicyclic) bond motifs is 1. The van der Waals surface area contributed by atoms with E-state index in [4.69, 9.17) is 35.4 Å². The highest BCUT2D eigenvalue weighted by molar-refractivity contribution is 7.80. The lowest BCUT2D eigenvalue weighted by molar-refractivity contribution is 0.0974. The van der Waals surface area contributed by atoms with Gasteiger partial charge in [-0.15, -0.1) is 11.3 Å². The van der Waals surface area contributed by atoms with Crippen LogP contribution in [0.4, 0.5) is 10.1 Å². The fraction of sp³-hybridized carbons (Fsp3) is 0. The zero-order valence-electron chi connectivity index (χ0n) is 15.1. The predicted octanol–water partition coefficient (Wildman–Crippen LogP) is 6.54. The molecule has 0 atom stereocenters. The van der Waals surface area contributed by atoms with Crippen LogP contribution >= 0.6 is 46.8 Å². The van der Waals surface area contributed by atoms with E-state index in [1.54, 1.807) is 18.2 Å². The van der Waals surface area contributed by atoms with Crippen LogP contribution in [0.1, 0.15) is 10.4 Å².